The molecule has 23 heavy (non-hydrogen) atoms. The second-order valence-electron chi connectivity index (χ2n) is 5.38. The zero-order valence-corrected chi connectivity index (χ0v) is 15.3. The summed E-state index contributed by atoms with van der Waals surface area (Å²) < 4.78 is 6.68. The zero-order valence-electron chi connectivity index (χ0n) is 12.9. The highest BCUT2D eigenvalue weighted by Gasteiger charge is 2.18. The van der Waals surface area contributed by atoms with Gasteiger partial charge in [-0.25, -0.2) is 4.79 Å². The molecule has 0 bridgehead atoms. The van der Waals surface area contributed by atoms with Gasteiger partial charge in [0.1, 0.15) is 15.8 Å². The van der Waals surface area contributed by atoms with Crippen molar-refractivity contribution in [2.75, 3.05) is 13.7 Å². The average Bonchev–Trinajstić information content (AvgIpc) is 3.13. The number of aromatic nitrogens is 2. The number of hydrogen-bond acceptors (Lipinski definition) is 5. The highest BCUT2D eigenvalue weighted by molar-refractivity contribution is 9.10. The molecule has 0 aliphatic carbocycles. The highest BCUT2D eigenvalue weighted by atomic mass is 79.9. The van der Waals surface area contributed by atoms with E-state index in [-0.39, 0.29) is 6.03 Å². The van der Waals surface area contributed by atoms with Gasteiger partial charge >= 0.3 is 6.03 Å². The predicted molar refractivity (Wildman–Crippen MR) is 91.7 cm³/mol. The maximum absolute atomic E-state index is 12.2. The molecule has 0 atom stereocenters. The molecular weight excluding hydrogens is 380 g/mol. The molecule has 0 saturated heterocycles. The Balaban J connectivity index is 1.61. The summed E-state index contributed by atoms with van der Waals surface area (Å²) in [5.74, 6) is 0.899. The number of urea groups is 1. The van der Waals surface area contributed by atoms with Crippen LogP contribution < -0.4 is 10.1 Å². The molecule has 0 unspecified atom stereocenters. The quantitative estimate of drug-likeness (QED) is 0.862. The molecule has 2 heterocycles. The SMILES string of the molecule is Cc1nnc(CN(C)C(=O)NCc2cc(Br)cc3c2OCC3)s1. The van der Waals surface area contributed by atoms with Gasteiger partial charge < -0.3 is 15.0 Å². The topological polar surface area (TPSA) is 67.4 Å². The van der Waals surface area contributed by atoms with Crippen LogP contribution >= 0.6 is 27.3 Å². The fourth-order valence-electron chi connectivity index (χ4n) is 2.46. The maximum atomic E-state index is 12.2. The third-order valence-electron chi connectivity index (χ3n) is 3.54. The molecule has 6 nitrogen and oxygen atoms in total. The van der Waals surface area contributed by atoms with Crippen LogP contribution in [0.25, 0.3) is 0 Å². The Hall–Kier alpha value is -1.67. The lowest BCUT2D eigenvalue weighted by atomic mass is 10.1. The number of ether oxygens (including phenoxy) is 1. The Labute approximate surface area is 147 Å². The fourth-order valence-corrected chi connectivity index (χ4v) is 3.77. The van der Waals surface area contributed by atoms with Gasteiger partial charge in [0.15, 0.2) is 0 Å². The predicted octanol–water partition coefficient (Wildman–Crippen LogP) is 2.89. The molecule has 1 aromatic heterocycles. The largest absolute Gasteiger partial charge is 0.493 e. The highest BCUT2D eigenvalue weighted by Crippen LogP contribution is 2.32. The summed E-state index contributed by atoms with van der Waals surface area (Å²) in [6.45, 7) is 3.47. The first-order chi connectivity index (χ1) is 11.0. The molecule has 1 aromatic carbocycles. The molecule has 2 amide bonds. The number of carbonyl (C=O) groups excluding carboxylic acids is 1. The summed E-state index contributed by atoms with van der Waals surface area (Å²) in [4.78, 5) is 13.8. The van der Waals surface area contributed by atoms with Crippen LogP contribution in [0.1, 0.15) is 21.1 Å². The van der Waals surface area contributed by atoms with Crippen molar-refractivity contribution in [1.29, 1.82) is 0 Å². The van der Waals surface area contributed by atoms with E-state index in [1.807, 2.05) is 13.0 Å². The van der Waals surface area contributed by atoms with Crippen LogP contribution in [0.15, 0.2) is 16.6 Å². The van der Waals surface area contributed by atoms with Gasteiger partial charge in [0.05, 0.1) is 13.2 Å². The lowest BCUT2D eigenvalue weighted by molar-refractivity contribution is 0.206. The van der Waals surface area contributed by atoms with Gasteiger partial charge in [-0.2, -0.15) is 0 Å². The molecule has 0 fully saturated rings. The van der Waals surface area contributed by atoms with E-state index in [0.29, 0.717) is 19.7 Å². The minimum Gasteiger partial charge on any atom is -0.493 e. The number of amides is 2. The Morgan fingerprint density at radius 2 is 2.30 bits per heavy atom. The van der Waals surface area contributed by atoms with E-state index in [1.165, 1.54) is 16.9 Å². The number of benzene rings is 1. The van der Waals surface area contributed by atoms with Gasteiger partial charge in [0.25, 0.3) is 0 Å². The smallest absolute Gasteiger partial charge is 0.317 e. The zero-order chi connectivity index (χ0) is 16.4. The van der Waals surface area contributed by atoms with Crippen LogP contribution in [-0.4, -0.2) is 34.8 Å². The van der Waals surface area contributed by atoms with Crippen molar-refractivity contribution in [2.24, 2.45) is 0 Å². The number of aryl methyl sites for hydroxylation is 1. The standard InChI is InChI=1S/C15H17BrN4O2S/c1-9-18-19-13(23-9)8-20(2)15(21)17-7-11-6-12(16)5-10-3-4-22-14(10)11/h5-6H,3-4,7-8H2,1-2H3,(H,17,21). The van der Waals surface area contributed by atoms with E-state index in [2.05, 4.69) is 37.5 Å². The van der Waals surface area contributed by atoms with Crippen LogP contribution in [0.2, 0.25) is 0 Å². The number of fused-ring (bicyclic) bond motifs is 1. The van der Waals surface area contributed by atoms with Crippen molar-refractivity contribution in [1.82, 2.24) is 20.4 Å². The molecule has 2 aromatic rings. The van der Waals surface area contributed by atoms with E-state index in [1.54, 1.807) is 11.9 Å². The van der Waals surface area contributed by atoms with Gasteiger partial charge in [-0.3, -0.25) is 0 Å². The number of halogens is 1. The van der Waals surface area contributed by atoms with Crippen molar-refractivity contribution in [2.45, 2.75) is 26.4 Å². The van der Waals surface area contributed by atoms with Gasteiger partial charge in [-0.1, -0.05) is 27.3 Å². The molecule has 0 saturated carbocycles. The first-order valence-corrected chi connectivity index (χ1v) is 8.86. The third-order valence-corrected chi connectivity index (χ3v) is 4.82. The summed E-state index contributed by atoms with van der Waals surface area (Å²) in [6, 6.07) is 3.90. The Morgan fingerprint density at radius 3 is 3.04 bits per heavy atom. The molecule has 0 radical (unpaired) electrons. The van der Waals surface area contributed by atoms with E-state index in [9.17, 15) is 4.79 Å². The van der Waals surface area contributed by atoms with Crippen LogP contribution in [0.5, 0.6) is 5.75 Å². The van der Waals surface area contributed by atoms with Gasteiger partial charge in [0, 0.05) is 30.0 Å². The minimum atomic E-state index is -0.149. The molecule has 1 N–H and O–H groups in total. The molecule has 0 spiro atoms. The Bertz CT molecular complexity index is 734. The van der Waals surface area contributed by atoms with E-state index < -0.39 is 0 Å². The Kier molecular flexibility index (Phi) is 4.82. The maximum Gasteiger partial charge on any atom is 0.317 e. The number of nitrogens with zero attached hydrogens (tertiary/aromatic N) is 3. The first kappa shape index (κ1) is 16.2. The van der Waals surface area contributed by atoms with Crippen LogP contribution in [0.4, 0.5) is 4.79 Å². The van der Waals surface area contributed by atoms with Gasteiger partial charge in [-0.05, 0) is 24.6 Å². The summed E-state index contributed by atoms with van der Waals surface area (Å²) in [6.07, 6.45) is 0.909. The molecule has 1 aliphatic rings. The molecular formula is C15H17BrN4O2S. The number of carbonyl (C=O) groups is 1. The molecule has 122 valence electrons. The van der Waals surface area contributed by atoms with Crippen LogP contribution in [0.3, 0.4) is 0 Å². The lowest BCUT2D eigenvalue weighted by Crippen LogP contribution is -2.36. The van der Waals surface area contributed by atoms with Crippen LogP contribution in [-0.2, 0) is 19.5 Å². The summed E-state index contributed by atoms with van der Waals surface area (Å²) in [5, 5.41) is 12.6. The second kappa shape index (κ2) is 6.84. The van der Waals surface area contributed by atoms with E-state index >= 15 is 0 Å². The summed E-state index contributed by atoms with van der Waals surface area (Å²) in [5.41, 5.74) is 2.17. The van der Waals surface area contributed by atoms with Crippen molar-refractivity contribution >= 4 is 33.3 Å². The Morgan fingerprint density at radius 1 is 1.48 bits per heavy atom. The van der Waals surface area contributed by atoms with E-state index in [0.717, 1.165) is 32.2 Å². The molecule has 3 rings (SSSR count). The molecule has 8 heteroatoms. The normalized spacial score (nSPS) is 12.7. The monoisotopic (exact) mass is 396 g/mol. The third kappa shape index (κ3) is 3.81. The fraction of sp³-hybridized carbons (Fsp3) is 0.400. The molecule has 1 aliphatic heterocycles. The van der Waals surface area contributed by atoms with Crippen molar-refractivity contribution in [3.63, 3.8) is 0 Å². The summed E-state index contributed by atoms with van der Waals surface area (Å²) >= 11 is 5.00. The summed E-state index contributed by atoms with van der Waals surface area (Å²) in [7, 11) is 1.74. The average molecular weight is 397 g/mol. The van der Waals surface area contributed by atoms with Crippen molar-refractivity contribution in [3.05, 3.63) is 37.7 Å². The van der Waals surface area contributed by atoms with Crippen LogP contribution in [0, 0.1) is 6.92 Å². The minimum absolute atomic E-state index is 0.149. The van der Waals surface area contributed by atoms with Gasteiger partial charge in [-0.15, -0.1) is 10.2 Å². The van der Waals surface area contributed by atoms with Gasteiger partial charge in [0.2, 0.25) is 0 Å². The number of hydrogen-bond donors (Lipinski definition) is 1. The lowest BCUT2D eigenvalue weighted by Gasteiger charge is -2.17. The second-order valence-corrected chi connectivity index (χ2v) is 7.56. The number of nitrogens with one attached hydrogen (secondary N) is 1. The van der Waals surface area contributed by atoms with E-state index in [4.69, 9.17) is 4.74 Å². The van der Waals surface area contributed by atoms with Crippen molar-refractivity contribution < 1.29 is 9.53 Å². The number of rotatable bonds is 4. The van der Waals surface area contributed by atoms with Crippen molar-refractivity contribution in [3.8, 4) is 5.75 Å². The first-order valence-electron chi connectivity index (χ1n) is 7.25.